The van der Waals surface area contributed by atoms with Crippen molar-refractivity contribution in [2.45, 2.75) is 45.2 Å². The maximum Gasteiger partial charge on any atom is 0.168 e. The van der Waals surface area contributed by atoms with Crippen molar-refractivity contribution in [3.63, 3.8) is 0 Å². The Labute approximate surface area is 64.2 Å². The van der Waals surface area contributed by atoms with Crippen molar-refractivity contribution in [1.29, 1.82) is 0 Å². The van der Waals surface area contributed by atoms with Gasteiger partial charge < -0.3 is 9.79 Å². The molecule has 0 aromatic rings. The van der Waals surface area contributed by atoms with Gasteiger partial charge in [-0.1, -0.05) is 26.7 Å². The van der Waals surface area contributed by atoms with Crippen LogP contribution in [0.5, 0.6) is 0 Å². The Kier molecular flexibility index (Phi) is 6.30. The largest absolute Gasteiger partial charge is 0.350 e. The number of hydrogen-bond acceptors (Lipinski definition) is 2. The molecule has 0 aromatic heterocycles. The Bertz CT molecular complexity index is 70.0. The van der Waals surface area contributed by atoms with Gasteiger partial charge in [0.05, 0.1) is 0 Å². The van der Waals surface area contributed by atoms with Crippen molar-refractivity contribution < 1.29 is 9.79 Å². The van der Waals surface area contributed by atoms with Gasteiger partial charge in [0.1, 0.15) is 0 Å². The first-order valence-electron chi connectivity index (χ1n) is 3.89. The molecule has 62 valence electrons. The van der Waals surface area contributed by atoms with Crippen molar-refractivity contribution in [3.05, 3.63) is 0 Å². The zero-order valence-corrected chi connectivity index (χ0v) is 7.64. The zero-order valence-electron chi connectivity index (χ0n) is 6.75. The highest BCUT2D eigenvalue weighted by atomic mass is 31.2. The lowest BCUT2D eigenvalue weighted by Crippen LogP contribution is -2.03. The summed E-state index contributed by atoms with van der Waals surface area (Å²) in [7, 11) is -1.68. The summed E-state index contributed by atoms with van der Waals surface area (Å²) in [5.41, 5.74) is 0.157. The van der Waals surface area contributed by atoms with Gasteiger partial charge in [0, 0.05) is 5.66 Å². The molecule has 10 heavy (non-hydrogen) atoms. The molecular weight excluding hydrogens is 147 g/mol. The van der Waals surface area contributed by atoms with Gasteiger partial charge >= 0.3 is 0 Å². The summed E-state index contributed by atoms with van der Waals surface area (Å²) in [4.78, 5) is 17.8. The average Bonchev–Trinajstić information content (AvgIpc) is 1.87. The summed E-state index contributed by atoms with van der Waals surface area (Å²) in [6.45, 7) is 4.14. The van der Waals surface area contributed by atoms with Gasteiger partial charge in [0.15, 0.2) is 8.38 Å². The van der Waals surface area contributed by atoms with Gasteiger partial charge in [-0.15, -0.1) is 0 Å². The quantitative estimate of drug-likeness (QED) is 0.612. The Morgan fingerprint density at radius 3 is 1.70 bits per heavy atom. The molecule has 0 saturated carbocycles. The molecule has 0 saturated heterocycles. The van der Waals surface area contributed by atoms with Crippen LogP contribution < -0.4 is 0 Å². The molecule has 2 nitrogen and oxygen atoms in total. The van der Waals surface area contributed by atoms with E-state index in [0.29, 0.717) is 0 Å². The van der Waals surface area contributed by atoms with Crippen molar-refractivity contribution in [3.8, 4) is 0 Å². The number of rotatable bonds is 5. The summed E-state index contributed by atoms with van der Waals surface area (Å²) in [5.74, 6) is 0. The highest BCUT2D eigenvalue weighted by Crippen LogP contribution is 2.36. The van der Waals surface area contributed by atoms with Gasteiger partial charge in [0.25, 0.3) is 0 Å². The minimum Gasteiger partial charge on any atom is -0.350 e. The van der Waals surface area contributed by atoms with E-state index >= 15 is 0 Å². The Balaban J connectivity index is 3.50. The molecule has 0 aromatic carbocycles. The lowest BCUT2D eigenvalue weighted by atomic mass is 10.2. The van der Waals surface area contributed by atoms with Crippen LogP contribution in [0, 0.1) is 0 Å². The maximum atomic E-state index is 8.89. The van der Waals surface area contributed by atoms with Crippen LogP contribution in [0.15, 0.2) is 0 Å². The first-order valence-corrected chi connectivity index (χ1v) is 5.21. The third kappa shape index (κ3) is 4.21. The highest BCUT2D eigenvalue weighted by Gasteiger charge is 2.14. The minimum absolute atomic E-state index is 0.157. The highest BCUT2D eigenvalue weighted by molar-refractivity contribution is 7.45. The first-order chi connectivity index (χ1) is 4.72. The van der Waals surface area contributed by atoms with Crippen LogP contribution in [-0.4, -0.2) is 15.4 Å². The Hall–Kier alpha value is 0.350. The molecule has 0 unspecified atom stereocenters. The molecule has 0 radical (unpaired) electrons. The second-order valence-electron chi connectivity index (χ2n) is 2.55. The summed E-state index contributed by atoms with van der Waals surface area (Å²) < 4.78 is 0. The van der Waals surface area contributed by atoms with Crippen molar-refractivity contribution in [2.75, 3.05) is 0 Å². The van der Waals surface area contributed by atoms with Gasteiger partial charge in [-0.3, -0.25) is 0 Å². The Morgan fingerprint density at radius 1 is 1.10 bits per heavy atom. The average molecular weight is 164 g/mol. The maximum absolute atomic E-state index is 8.89. The number of hydrogen-bond donors (Lipinski definition) is 2. The lowest BCUT2D eigenvalue weighted by molar-refractivity contribution is 0.449. The van der Waals surface area contributed by atoms with Crippen LogP contribution in [0.2, 0.25) is 0 Å². The second kappa shape index (κ2) is 6.09. The molecule has 0 atom stereocenters. The van der Waals surface area contributed by atoms with Crippen molar-refractivity contribution in [2.24, 2.45) is 0 Å². The fourth-order valence-corrected chi connectivity index (χ4v) is 2.02. The third-order valence-corrected chi connectivity index (χ3v) is 2.74. The molecule has 0 fully saturated rings. The van der Waals surface area contributed by atoms with E-state index in [4.69, 9.17) is 9.79 Å². The summed E-state index contributed by atoms with van der Waals surface area (Å²) in [6.07, 6.45) is 3.99. The first kappa shape index (κ1) is 10.3. The standard InChI is InChI=1S/C7H17O2P/c1-3-5-7(6-4-2)10(8)9/h7-9H,3-6H2,1-2H3. The molecule has 0 spiro atoms. The lowest BCUT2D eigenvalue weighted by Gasteiger charge is -2.15. The molecule has 0 amide bonds. The van der Waals surface area contributed by atoms with E-state index in [-0.39, 0.29) is 5.66 Å². The molecule has 0 aliphatic rings. The van der Waals surface area contributed by atoms with Crippen molar-refractivity contribution >= 4 is 8.38 Å². The Morgan fingerprint density at radius 2 is 1.50 bits per heavy atom. The fraction of sp³-hybridized carbons (Fsp3) is 1.00. The molecule has 2 N–H and O–H groups in total. The summed E-state index contributed by atoms with van der Waals surface area (Å²) in [5, 5.41) is 0. The van der Waals surface area contributed by atoms with Crippen molar-refractivity contribution in [1.82, 2.24) is 0 Å². The SMILES string of the molecule is CCCC(CCC)P(O)O. The third-order valence-electron chi connectivity index (χ3n) is 1.57. The van der Waals surface area contributed by atoms with E-state index in [0.717, 1.165) is 25.7 Å². The molecule has 0 aliphatic heterocycles. The van der Waals surface area contributed by atoms with Gasteiger partial charge in [0.2, 0.25) is 0 Å². The normalized spacial score (nSPS) is 11.4. The predicted molar refractivity (Wildman–Crippen MR) is 45.0 cm³/mol. The van der Waals surface area contributed by atoms with Crippen LogP contribution in [0.25, 0.3) is 0 Å². The van der Waals surface area contributed by atoms with E-state index in [1.54, 1.807) is 0 Å². The van der Waals surface area contributed by atoms with Crippen LogP contribution in [-0.2, 0) is 0 Å². The second-order valence-corrected chi connectivity index (χ2v) is 3.92. The van der Waals surface area contributed by atoms with E-state index in [9.17, 15) is 0 Å². The van der Waals surface area contributed by atoms with E-state index in [1.807, 2.05) is 0 Å². The van der Waals surface area contributed by atoms with Crippen LogP contribution in [0.1, 0.15) is 39.5 Å². The smallest absolute Gasteiger partial charge is 0.168 e. The molecule has 0 heterocycles. The molecule has 0 bridgehead atoms. The monoisotopic (exact) mass is 164 g/mol. The predicted octanol–water partition coefficient (Wildman–Crippen LogP) is 2.25. The molecule has 3 heteroatoms. The zero-order chi connectivity index (χ0) is 7.98. The van der Waals surface area contributed by atoms with Gasteiger partial charge in [-0.05, 0) is 12.8 Å². The molecule has 0 rings (SSSR count). The summed E-state index contributed by atoms with van der Waals surface area (Å²) >= 11 is 0. The fourth-order valence-electron chi connectivity index (χ4n) is 1.04. The van der Waals surface area contributed by atoms with E-state index < -0.39 is 8.38 Å². The van der Waals surface area contributed by atoms with Crippen LogP contribution in [0.3, 0.4) is 0 Å². The minimum atomic E-state index is -1.68. The van der Waals surface area contributed by atoms with Crippen LogP contribution in [0.4, 0.5) is 0 Å². The van der Waals surface area contributed by atoms with Crippen LogP contribution >= 0.6 is 8.38 Å². The summed E-state index contributed by atoms with van der Waals surface area (Å²) in [6, 6.07) is 0. The topological polar surface area (TPSA) is 40.5 Å². The van der Waals surface area contributed by atoms with E-state index in [1.165, 1.54) is 0 Å². The van der Waals surface area contributed by atoms with Gasteiger partial charge in [-0.2, -0.15) is 0 Å². The molecule has 0 aliphatic carbocycles. The van der Waals surface area contributed by atoms with E-state index in [2.05, 4.69) is 13.8 Å². The van der Waals surface area contributed by atoms with Gasteiger partial charge in [-0.25, -0.2) is 0 Å². The molecular formula is C7H17O2P.